The summed E-state index contributed by atoms with van der Waals surface area (Å²) in [5, 5.41) is 0. The lowest BCUT2D eigenvalue weighted by Gasteiger charge is -2.11. The van der Waals surface area contributed by atoms with E-state index in [9.17, 15) is 0 Å². The summed E-state index contributed by atoms with van der Waals surface area (Å²) in [5.41, 5.74) is 2.91. The van der Waals surface area contributed by atoms with Crippen molar-refractivity contribution in [3.63, 3.8) is 0 Å². The third-order valence-electron chi connectivity index (χ3n) is 2.33. The van der Waals surface area contributed by atoms with Gasteiger partial charge in [-0.1, -0.05) is 65.8 Å². The molecule has 0 aliphatic carbocycles. The van der Waals surface area contributed by atoms with E-state index in [0.717, 1.165) is 0 Å². The van der Waals surface area contributed by atoms with Gasteiger partial charge >= 0.3 is 0 Å². The summed E-state index contributed by atoms with van der Waals surface area (Å²) in [6.07, 6.45) is 1.23. The fraction of sp³-hybridized carbons (Fsp3) is 0.600. The van der Waals surface area contributed by atoms with E-state index in [0.29, 0.717) is 5.92 Å². The first-order chi connectivity index (χ1) is 7.25. The molecule has 0 spiro atoms. The topological polar surface area (TPSA) is 0 Å². The van der Waals surface area contributed by atoms with Crippen LogP contribution in [0.4, 0.5) is 0 Å². The monoisotopic (exact) mass is 210 g/mol. The highest BCUT2D eigenvalue weighted by Crippen LogP contribution is 2.21. The van der Waals surface area contributed by atoms with E-state index in [-0.39, 0.29) is 1.43 Å². The van der Waals surface area contributed by atoms with Gasteiger partial charge in [-0.15, -0.1) is 0 Å². The van der Waals surface area contributed by atoms with E-state index in [1.54, 1.807) is 0 Å². The van der Waals surface area contributed by atoms with Crippen molar-refractivity contribution in [2.75, 3.05) is 0 Å². The van der Waals surface area contributed by atoms with Crippen LogP contribution in [0.5, 0.6) is 0 Å². The summed E-state index contributed by atoms with van der Waals surface area (Å²) < 4.78 is 0. The Balaban J connectivity index is -0.000000305. The van der Waals surface area contributed by atoms with Gasteiger partial charge in [-0.2, -0.15) is 0 Å². The molecule has 0 aliphatic rings. The molecule has 1 atom stereocenters. The van der Waals surface area contributed by atoms with Crippen molar-refractivity contribution in [2.45, 2.75) is 60.8 Å². The van der Waals surface area contributed by atoms with Gasteiger partial charge in [0.05, 0.1) is 0 Å². The quantitative estimate of drug-likeness (QED) is 0.578. The van der Waals surface area contributed by atoms with E-state index in [4.69, 9.17) is 0 Å². The molecule has 15 heavy (non-hydrogen) atoms. The van der Waals surface area contributed by atoms with Crippen LogP contribution in [0.15, 0.2) is 24.3 Å². The Morgan fingerprint density at radius 1 is 1.07 bits per heavy atom. The molecule has 0 bridgehead atoms. The maximum Gasteiger partial charge on any atom is 0 e. The van der Waals surface area contributed by atoms with E-state index in [1.807, 2.05) is 27.7 Å². The van der Waals surface area contributed by atoms with Crippen molar-refractivity contribution < 1.29 is 1.43 Å². The molecule has 0 heterocycles. The third-order valence-corrected chi connectivity index (χ3v) is 2.33. The van der Waals surface area contributed by atoms with Crippen molar-refractivity contribution in [1.82, 2.24) is 0 Å². The fourth-order valence-electron chi connectivity index (χ4n) is 1.36. The predicted octanol–water partition coefficient (Wildman–Crippen LogP) is 5.81. The first-order valence-corrected chi connectivity index (χ1v) is 6.31. The maximum absolute atomic E-state index is 2.28. The van der Waals surface area contributed by atoms with Crippen LogP contribution < -0.4 is 0 Å². The molecule has 0 heteroatoms. The van der Waals surface area contributed by atoms with E-state index in [1.165, 1.54) is 17.5 Å². The Labute approximate surface area is 98.2 Å². The molecule has 1 rings (SSSR count). The summed E-state index contributed by atoms with van der Waals surface area (Å²) in [6, 6.07) is 8.63. The highest BCUT2D eigenvalue weighted by Gasteiger charge is 2.03. The number of hydrogen-bond acceptors (Lipinski definition) is 0. The maximum atomic E-state index is 2.28. The van der Waals surface area contributed by atoms with Gasteiger partial charge in [-0.3, -0.25) is 0 Å². The number of hydrogen-bond donors (Lipinski definition) is 0. The SMILES string of the molecule is CC.CC.CCC(C)c1ccccc1C.[HH]. The van der Waals surface area contributed by atoms with Gasteiger partial charge in [0.1, 0.15) is 0 Å². The van der Waals surface area contributed by atoms with Gasteiger partial charge in [0, 0.05) is 1.43 Å². The molecule has 0 amide bonds. The Kier molecular flexibility index (Phi) is 12.5. The van der Waals surface area contributed by atoms with Crippen LogP contribution in [0.2, 0.25) is 0 Å². The van der Waals surface area contributed by atoms with Gasteiger partial charge in [-0.25, -0.2) is 0 Å². The van der Waals surface area contributed by atoms with Crippen LogP contribution in [0.1, 0.15) is 66.4 Å². The minimum Gasteiger partial charge on any atom is -0.0683 e. The second-order valence-corrected chi connectivity index (χ2v) is 3.17. The van der Waals surface area contributed by atoms with Gasteiger partial charge in [0.2, 0.25) is 0 Å². The molecule has 0 fully saturated rings. The minimum atomic E-state index is 0. The van der Waals surface area contributed by atoms with Crippen molar-refractivity contribution in [1.29, 1.82) is 0 Å². The van der Waals surface area contributed by atoms with Gasteiger partial charge in [-0.05, 0) is 30.4 Å². The smallest absolute Gasteiger partial charge is 0 e. The second-order valence-electron chi connectivity index (χ2n) is 3.17. The third kappa shape index (κ3) is 6.33. The van der Waals surface area contributed by atoms with E-state index < -0.39 is 0 Å². The Bertz CT molecular complexity index is 231. The van der Waals surface area contributed by atoms with Gasteiger partial charge < -0.3 is 0 Å². The van der Waals surface area contributed by atoms with Crippen LogP contribution in [0.25, 0.3) is 0 Å². The lowest BCUT2D eigenvalue weighted by atomic mass is 9.95. The highest BCUT2D eigenvalue weighted by molar-refractivity contribution is 5.28. The molecular formula is C15H30. The number of benzene rings is 1. The minimum absolute atomic E-state index is 0. The van der Waals surface area contributed by atoms with E-state index in [2.05, 4.69) is 45.0 Å². The Morgan fingerprint density at radius 3 is 1.93 bits per heavy atom. The summed E-state index contributed by atoms with van der Waals surface area (Å²) in [6.45, 7) is 14.7. The molecule has 90 valence electrons. The molecule has 0 N–H and O–H groups in total. The molecule has 1 unspecified atom stereocenters. The van der Waals surface area contributed by atoms with Crippen molar-refractivity contribution in [3.8, 4) is 0 Å². The second kappa shape index (κ2) is 11.3. The molecule has 1 aromatic rings. The highest BCUT2D eigenvalue weighted by atomic mass is 14.1. The Hall–Kier alpha value is -0.780. The lowest BCUT2D eigenvalue weighted by molar-refractivity contribution is 0.728. The lowest BCUT2D eigenvalue weighted by Crippen LogP contribution is -1.93. The predicted molar refractivity (Wildman–Crippen MR) is 74.7 cm³/mol. The normalized spacial score (nSPS) is 10.3. The molecule has 1 aromatic carbocycles. The van der Waals surface area contributed by atoms with Crippen LogP contribution in [0, 0.1) is 6.92 Å². The zero-order chi connectivity index (χ0) is 12.3. The summed E-state index contributed by atoms with van der Waals surface area (Å²) in [5.74, 6) is 0.705. The van der Waals surface area contributed by atoms with Gasteiger partial charge in [0.15, 0.2) is 0 Å². The molecule has 0 saturated carbocycles. The fourth-order valence-corrected chi connectivity index (χ4v) is 1.36. The zero-order valence-corrected chi connectivity index (χ0v) is 11.6. The van der Waals surface area contributed by atoms with Gasteiger partial charge in [0.25, 0.3) is 0 Å². The molecule has 0 radical (unpaired) electrons. The van der Waals surface area contributed by atoms with Crippen LogP contribution in [-0.2, 0) is 0 Å². The molecule has 0 nitrogen and oxygen atoms in total. The van der Waals surface area contributed by atoms with E-state index >= 15 is 0 Å². The van der Waals surface area contributed by atoms with Crippen LogP contribution in [0.3, 0.4) is 0 Å². The Morgan fingerprint density at radius 2 is 1.53 bits per heavy atom. The largest absolute Gasteiger partial charge is 0.0683 e. The molecule has 0 aromatic heterocycles. The molecule has 0 saturated heterocycles. The number of rotatable bonds is 2. The van der Waals surface area contributed by atoms with Crippen molar-refractivity contribution in [2.24, 2.45) is 0 Å². The zero-order valence-electron chi connectivity index (χ0n) is 11.6. The summed E-state index contributed by atoms with van der Waals surface area (Å²) in [7, 11) is 0. The van der Waals surface area contributed by atoms with Crippen LogP contribution in [-0.4, -0.2) is 0 Å². The average molecular weight is 210 g/mol. The first kappa shape index (κ1) is 16.6. The summed E-state index contributed by atoms with van der Waals surface area (Å²) >= 11 is 0. The average Bonchev–Trinajstić information content (AvgIpc) is 2.34. The standard InChI is InChI=1S/C11H16.2C2H6.H2/c1-4-9(2)11-8-6-5-7-10(11)3;2*1-2;/h5-9H,4H2,1-3H3;2*1-2H3;1H. The molecule has 0 aliphatic heterocycles. The summed E-state index contributed by atoms with van der Waals surface area (Å²) in [4.78, 5) is 0. The van der Waals surface area contributed by atoms with Crippen LogP contribution >= 0.6 is 0 Å². The first-order valence-electron chi connectivity index (χ1n) is 6.31. The van der Waals surface area contributed by atoms with Crippen molar-refractivity contribution in [3.05, 3.63) is 35.4 Å². The number of aryl methyl sites for hydroxylation is 1. The molecular weight excluding hydrogens is 180 g/mol. The van der Waals surface area contributed by atoms with Crippen molar-refractivity contribution >= 4 is 0 Å².